The fourth-order valence-corrected chi connectivity index (χ4v) is 3.68. The number of rotatable bonds is 10. The van der Waals surface area contributed by atoms with Crippen LogP contribution in [0.15, 0.2) is 0 Å². The average Bonchev–Trinajstić information content (AvgIpc) is 2.76. The van der Waals surface area contributed by atoms with E-state index >= 15 is 0 Å². The van der Waals surface area contributed by atoms with Gasteiger partial charge in [0, 0.05) is 5.92 Å². The molecule has 1 saturated carbocycles. The molecular formula is C21H36O5. The Labute approximate surface area is 157 Å². The second-order valence-corrected chi connectivity index (χ2v) is 8.75. The quantitative estimate of drug-likeness (QED) is 0.579. The maximum Gasteiger partial charge on any atom is 0.185 e. The predicted octanol–water partition coefficient (Wildman–Crippen LogP) is 2.95. The number of Topliss-reactive ketones (excluding diaryl/α,β-unsaturated/α-hetero) is 3. The zero-order chi connectivity index (χ0) is 20.2. The Balaban J connectivity index is 3.21. The molecule has 0 bridgehead atoms. The van der Waals surface area contributed by atoms with Crippen LogP contribution in [0.2, 0.25) is 0 Å². The van der Waals surface area contributed by atoms with Crippen LogP contribution in [0.4, 0.5) is 0 Å². The first-order valence-electron chi connectivity index (χ1n) is 10.0. The number of aliphatic hydroxyl groups excluding tert-OH is 1. The van der Waals surface area contributed by atoms with Crippen LogP contribution in [0.1, 0.15) is 73.6 Å². The molecule has 0 aliphatic heterocycles. The van der Waals surface area contributed by atoms with Crippen LogP contribution in [0.3, 0.4) is 0 Å². The van der Waals surface area contributed by atoms with Crippen LogP contribution in [0, 0.1) is 29.6 Å². The molecule has 2 N–H and O–H groups in total. The summed E-state index contributed by atoms with van der Waals surface area (Å²) in [6, 6.07) is 0. The molecule has 150 valence electrons. The van der Waals surface area contributed by atoms with E-state index in [1.807, 2.05) is 34.6 Å². The molecule has 0 radical (unpaired) electrons. The Morgan fingerprint density at radius 1 is 1.04 bits per heavy atom. The molecule has 0 heterocycles. The van der Waals surface area contributed by atoms with Gasteiger partial charge in [0.2, 0.25) is 0 Å². The number of ketones is 3. The van der Waals surface area contributed by atoms with E-state index in [0.29, 0.717) is 37.5 Å². The van der Waals surface area contributed by atoms with Gasteiger partial charge in [0.1, 0.15) is 5.92 Å². The molecule has 1 aliphatic rings. The zero-order valence-electron chi connectivity index (χ0n) is 17.1. The lowest BCUT2D eigenvalue weighted by molar-refractivity contribution is -0.158. The monoisotopic (exact) mass is 368 g/mol. The molecule has 0 aromatic carbocycles. The van der Waals surface area contributed by atoms with Gasteiger partial charge in [-0.3, -0.25) is 14.4 Å². The van der Waals surface area contributed by atoms with Crippen molar-refractivity contribution in [1.82, 2.24) is 0 Å². The molecular weight excluding hydrogens is 332 g/mol. The molecule has 5 heteroatoms. The van der Waals surface area contributed by atoms with Crippen LogP contribution >= 0.6 is 0 Å². The molecule has 26 heavy (non-hydrogen) atoms. The normalized spacial score (nSPS) is 28.8. The minimum absolute atomic E-state index is 0.232. The van der Waals surface area contributed by atoms with E-state index in [4.69, 9.17) is 0 Å². The molecule has 0 aromatic heterocycles. The van der Waals surface area contributed by atoms with Crippen molar-refractivity contribution in [2.75, 3.05) is 0 Å². The van der Waals surface area contributed by atoms with Gasteiger partial charge in [0.15, 0.2) is 23.0 Å². The first-order valence-corrected chi connectivity index (χ1v) is 10.0. The van der Waals surface area contributed by atoms with Crippen LogP contribution < -0.4 is 0 Å². The number of aliphatic hydroxyl groups is 2. The Hall–Kier alpha value is -1.07. The van der Waals surface area contributed by atoms with E-state index in [9.17, 15) is 24.6 Å². The van der Waals surface area contributed by atoms with Gasteiger partial charge in [0.25, 0.3) is 0 Å². The Kier molecular flexibility index (Phi) is 8.15. The van der Waals surface area contributed by atoms with Gasteiger partial charge in [-0.15, -0.1) is 0 Å². The van der Waals surface area contributed by atoms with Gasteiger partial charge in [0.05, 0.1) is 12.0 Å². The van der Waals surface area contributed by atoms with Crippen molar-refractivity contribution in [2.45, 2.75) is 85.4 Å². The number of hydrogen-bond acceptors (Lipinski definition) is 5. The highest BCUT2D eigenvalue weighted by Crippen LogP contribution is 2.42. The zero-order valence-corrected chi connectivity index (χ0v) is 17.1. The SMILES string of the molecule is CCC(C)C(=O)C1C(=O)[C@@H](CCC(C)C)[C@](O)([C@@H](O)CCC(C)C)C1=O. The third kappa shape index (κ3) is 4.61. The van der Waals surface area contributed by atoms with Crippen LogP contribution in [-0.2, 0) is 14.4 Å². The molecule has 5 atom stereocenters. The number of carbonyl (C=O) groups is 3. The lowest BCUT2D eigenvalue weighted by Gasteiger charge is -2.33. The van der Waals surface area contributed by atoms with Crippen molar-refractivity contribution in [3.63, 3.8) is 0 Å². The molecule has 1 fully saturated rings. The van der Waals surface area contributed by atoms with Gasteiger partial charge >= 0.3 is 0 Å². The molecule has 0 amide bonds. The highest BCUT2D eigenvalue weighted by Gasteiger charge is 2.64. The summed E-state index contributed by atoms with van der Waals surface area (Å²) < 4.78 is 0. The lowest BCUT2D eigenvalue weighted by atomic mass is 9.78. The second-order valence-electron chi connectivity index (χ2n) is 8.75. The van der Waals surface area contributed by atoms with E-state index in [2.05, 4.69) is 0 Å². The highest BCUT2D eigenvalue weighted by atomic mass is 16.4. The maximum atomic E-state index is 13.0. The van der Waals surface area contributed by atoms with E-state index in [1.165, 1.54) is 0 Å². The van der Waals surface area contributed by atoms with Crippen molar-refractivity contribution in [1.29, 1.82) is 0 Å². The smallest absolute Gasteiger partial charge is 0.185 e. The van der Waals surface area contributed by atoms with Crippen LogP contribution in [0.25, 0.3) is 0 Å². The first kappa shape index (κ1) is 23.0. The van der Waals surface area contributed by atoms with E-state index in [-0.39, 0.29) is 6.42 Å². The fraction of sp³-hybridized carbons (Fsp3) is 0.857. The lowest BCUT2D eigenvalue weighted by Crippen LogP contribution is -2.53. The summed E-state index contributed by atoms with van der Waals surface area (Å²) in [7, 11) is 0. The third-order valence-corrected chi connectivity index (χ3v) is 5.76. The van der Waals surface area contributed by atoms with Crippen molar-refractivity contribution in [2.24, 2.45) is 29.6 Å². The van der Waals surface area contributed by atoms with Crippen molar-refractivity contribution in [3.05, 3.63) is 0 Å². The molecule has 0 aromatic rings. The van der Waals surface area contributed by atoms with E-state index in [0.717, 1.165) is 0 Å². The van der Waals surface area contributed by atoms with Gasteiger partial charge in [-0.05, 0) is 37.5 Å². The maximum absolute atomic E-state index is 13.0. The number of hydrogen-bond donors (Lipinski definition) is 2. The Bertz CT molecular complexity index is 524. The molecule has 1 rings (SSSR count). The molecule has 0 saturated heterocycles. The third-order valence-electron chi connectivity index (χ3n) is 5.76. The molecule has 5 nitrogen and oxygen atoms in total. The average molecular weight is 369 g/mol. The Morgan fingerprint density at radius 3 is 2.04 bits per heavy atom. The summed E-state index contributed by atoms with van der Waals surface area (Å²) in [5, 5.41) is 21.8. The van der Waals surface area contributed by atoms with E-state index in [1.54, 1.807) is 6.92 Å². The van der Waals surface area contributed by atoms with Crippen molar-refractivity contribution >= 4 is 17.3 Å². The minimum Gasteiger partial charge on any atom is -0.390 e. The summed E-state index contributed by atoms with van der Waals surface area (Å²) >= 11 is 0. The summed E-state index contributed by atoms with van der Waals surface area (Å²) in [5.41, 5.74) is -2.14. The van der Waals surface area contributed by atoms with Crippen LogP contribution in [0.5, 0.6) is 0 Å². The number of carbonyl (C=O) groups excluding carboxylic acids is 3. The molecule has 1 aliphatic carbocycles. The largest absolute Gasteiger partial charge is 0.390 e. The second kappa shape index (κ2) is 9.23. The summed E-state index contributed by atoms with van der Waals surface area (Å²) in [5.74, 6) is -3.99. The van der Waals surface area contributed by atoms with Gasteiger partial charge < -0.3 is 10.2 Å². The fourth-order valence-electron chi connectivity index (χ4n) is 3.68. The first-order chi connectivity index (χ1) is 12.0. The van der Waals surface area contributed by atoms with Gasteiger partial charge in [-0.2, -0.15) is 0 Å². The van der Waals surface area contributed by atoms with Gasteiger partial charge in [-0.25, -0.2) is 0 Å². The van der Waals surface area contributed by atoms with Crippen LogP contribution in [-0.4, -0.2) is 39.3 Å². The summed E-state index contributed by atoms with van der Waals surface area (Å²) in [4.78, 5) is 38.5. The highest BCUT2D eigenvalue weighted by molar-refractivity contribution is 6.27. The van der Waals surface area contributed by atoms with Gasteiger partial charge in [-0.1, -0.05) is 48.0 Å². The Morgan fingerprint density at radius 2 is 1.58 bits per heavy atom. The van der Waals surface area contributed by atoms with Crippen molar-refractivity contribution < 1.29 is 24.6 Å². The topological polar surface area (TPSA) is 91.7 Å². The summed E-state index contributed by atoms with van der Waals surface area (Å²) in [6.45, 7) is 11.5. The van der Waals surface area contributed by atoms with Crippen molar-refractivity contribution in [3.8, 4) is 0 Å². The predicted molar refractivity (Wildman–Crippen MR) is 101 cm³/mol. The van der Waals surface area contributed by atoms with E-state index < -0.39 is 46.8 Å². The minimum atomic E-state index is -2.14. The molecule has 0 spiro atoms. The summed E-state index contributed by atoms with van der Waals surface area (Å²) in [6.07, 6.45) is 1.02. The standard InChI is InChI=1S/C21H36O5/c1-7-14(6)18(23)17-19(24)15(10-8-12(2)3)21(26,20(17)25)16(22)11-9-13(4)5/h12-17,22,26H,7-11H2,1-6H3/t14?,15-,16+,17?,21+/m1/s1. The molecule has 2 unspecified atom stereocenters.